The molecule has 4 heteroatoms. The molecule has 1 aromatic rings. The van der Waals surface area contributed by atoms with Gasteiger partial charge >= 0.3 is 0 Å². The van der Waals surface area contributed by atoms with E-state index in [1.165, 1.54) is 15.8 Å². The highest BCUT2D eigenvalue weighted by Gasteiger charge is 2.40. The summed E-state index contributed by atoms with van der Waals surface area (Å²) in [4.78, 5) is 1.36. The highest BCUT2D eigenvalue weighted by molar-refractivity contribution is 9.10. The van der Waals surface area contributed by atoms with Gasteiger partial charge in [0.1, 0.15) is 0 Å². The standard InChI is InChI=1S/C13H20BrNOS/c1-3-7-15-12(11-10(14)5-9-17-11)13(2)6-4-8-16-13/h5,9,12,15H,3-4,6-8H2,1-2H3. The van der Waals surface area contributed by atoms with E-state index in [-0.39, 0.29) is 5.60 Å². The Labute approximate surface area is 116 Å². The fraction of sp³-hybridized carbons (Fsp3) is 0.692. The Morgan fingerprint density at radius 1 is 1.65 bits per heavy atom. The van der Waals surface area contributed by atoms with Crippen molar-refractivity contribution < 1.29 is 4.74 Å². The fourth-order valence-electron chi connectivity index (χ4n) is 2.41. The van der Waals surface area contributed by atoms with Gasteiger partial charge in [-0.05, 0) is 60.1 Å². The lowest BCUT2D eigenvalue weighted by molar-refractivity contribution is -0.0116. The van der Waals surface area contributed by atoms with E-state index in [1.807, 2.05) is 0 Å². The van der Waals surface area contributed by atoms with Crippen molar-refractivity contribution in [3.05, 3.63) is 20.8 Å². The smallest absolute Gasteiger partial charge is 0.0857 e. The monoisotopic (exact) mass is 317 g/mol. The molecule has 1 aliphatic rings. The highest BCUT2D eigenvalue weighted by atomic mass is 79.9. The van der Waals surface area contributed by atoms with E-state index < -0.39 is 0 Å². The summed E-state index contributed by atoms with van der Waals surface area (Å²) in [6.07, 6.45) is 3.46. The van der Waals surface area contributed by atoms with Gasteiger partial charge in [-0.3, -0.25) is 0 Å². The summed E-state index contributed by atoms with van der Waals surface area (Å²) in [5.41, 5.74) is -0.0530. The van der Waals surface area contributed by atoms with Gasteiger partial charge in [-0.2, -0.15) is 0 Å². The van der Waals surface area contributed by atoms with Crippen LogP contribution in [0.5, 0.6) is 0 Å². The predicted octanol–water partition coefficient (Wildman–Crippen LogP) is 4.12. The molecule has 1 saturated heterocycles. The van der Waals surface area contributed by atoms with E-state index in [0.717, 1.165) is 26.0 Å². The summed E-state index contributed by atoms with van der Waals surface area (Å²) in [5, 5.41) is 5.79. The van der Waals surface area contributed by atoms with E-state index in [4.69, 9.17) is 4.74 Å². The zero-order chi connectivity index (χ0) is 12.3. The fourth-order valence-corrected chi connectivity index (χ4v) is 4.23. The Kier molecular flexibility index (Phi) is 4.64. The first-order chi connectivity index (χ1) is 8.17. The van der Waals surface area contributed by atoms with E-state index in [0.29, 0.717) is 6.04 Å². The molecule has 0 amide bonds. The van der Waals surface area contributed by atoms with E-state index >= 15 is 0 Å². The largest absolute Gasteiger partial charge is 0.373 e. The molecular formula is C13H20BrNOS. The molecule has 0 spiro atoms. The van der Waals surface area contributed by atoms with Gasteiger partial charge in [0.2, 0.25) is 0 Å². The summed E-state index contributed by atoms with van der Waals surface area (Å²) < 4.78 is 7.20. The zero-order valence-electron chi connectivity index (χ0n) is 10.5. The predicted molar refractivity (Wildman–Crippen MR) is 76.6 cm³/mol. The molecule has 1 aromatic heterocycles. The second-order valence-corrected chi connectivity index (χ2v) is 6.59. The number of hydrogen-bond donors (Lipinski definition) is 1. The number of hydrogen-bond acceptors (Lipinski definition) is 3. The molecule has 0 saturated carbocycles. The Balaban J connectivity index is 2.21. The van der Waals surface area contributed by atoms with Crippen LogP contribution in [0.25, 0.3) is 0 Å². The maximum atomic E-state index is 6.00. The molecule has 1 fully saturated rings. The summed E-state index contributed by atoms with van der Waals surface area (Å²) in [6.45, 7) is 6.36. The molecule has 1 N–H and O–H groups in total. The van der Waals surface area contributed by atoms with Gasteiger partial charge in [-0.15, -0.1) is 11.3 Å². The Hall–Kier alpha value is 0.1000. The molecule has 2 rings (SSSR count). The molecule has 0 aliphatic carbocycles. The molecular weight excluding hydrogens is 298 g/mol. The third kappa shape index (κ3) is 2.92. The molecule has 0 radical (unpaired) electrons. The first-order valence-electron chi connectivity index (χ1n) is 6.27. The molecule has 17 heavy (non-hydrogen) atoms. The summed E-state index contributed by atoms with van der Waals surface area (Å²) >= 11 is 5.45. The maximum absolute atomic E-state index is 6.00. The molecule has 2 heterocycles. The van der Waals surface area contributed by atoms with E-state index in [1.54, 1.807) is 11.3 Å². The molecule has 2 atom stereocenters. The van der Waals surface area contributed by atoms with Crippen molar-refractivity contribution in [2.75, 3.05) is 13.2 Å². The van der Waals surface area contributed by atoms with E-state index in [9.17, 15) is 0 Å². The molecule has 2 unspecified atom stereocenters. The molecule has 0 aromatic carbocycles. The number of halogens is 1. The van der Waals surface area contributed by atoms with Crippen molar-refractivity contribution in [1.82, 2.24) is 5.32 Å². The summed E-state index contributed by atoms with van der Waals surface area (Å²) in [6, 6.07) is 2.43. The van der Waals surface area contributed by atoms with Crippen LogP contribution in [0.2, 0.25) is 0 Å². The average molecular weight is 318 g/mol. The average Bonchev–Trinajstić information content (AvgIpc) is 2.90. The number of thiophene rings is 1. The minimum absolute atomic E-state index is 0.0530. The molecule has 1 aliphatic heterocycles. The van der Waals surface area contributed by atoms with Crippen molar-refractivity contribution in [2.45, 2.75) is 44.8 Å². The lowest BCUT2D eigenvalue weighted by Crippen LogP contribution is -2.41. The van der Waals surface area contributed by atoms with Crippen LogP contribution in [0.1, 0.15) is 44.0 Å². The van der Waals surface area contributed by atoms with Crippen molar-refractivity contribution >= 4 is 27.3 Å². The first-order valence-corrected chi connectivity index (χ1v) is 7.95. The van der Waals surface area contributed by atoms with E-state index in [2.05, 4.69) is 46.5 Å². The van der Waals surface area contributed by atoms with Gasteiger partial charge in [0.25, 0.3) is 0 Å². The molecule has 96 valence electrons. The van der Waals surface area contributed by atoms with Crippen molar-refractivity contribution in [2.24, 2.45) is 0 Å². The summed E-state index contributed by atoms with van der Waals surface area (Å²) in [7, 11) is 0. The van der Waals surface area contributed by atoms with Crippen molar-refractivity contribution in [3.8, 4) is 0 Å². The highest BCUT2D eigenvalue weighted by Crippen LogP contribution is 2.41. The molecule has 2 nitrogen and oxygen atoms in total. The van der Waals surface area contributed by atoms with Gasteiger partial charge in [0.05, 0.1) is 11.6 Å². The quantitative estimate of drug-likeness (QED) is 0.882. The zero-order valence-corrected chi connectivity index (χ0v) is 12.9. The van der Waals surface area contributed by atoms with Crippen LogP contribution < -0.4 is 5.32 Å². The van der Waals surface area contributed by atoms with Crippen LogP contribution in [-0.4, -0.2) is 18.8 Å². The second kappa shape index (κ2) is 5.83. The SMILES string of the molecule is CCCNC(c1sccc1Br)C1(C)CCCO1. The minimum Gasteiger partial charge on any atom is -0.373 e. The van der Waals surface area contributed by atoms with Gasteiger partial charge in [0, 0.05) is 16.0 Å². The van der Waals surface area contributed by atoms with Gasteiger partial charge < -0.3 is 10.1 Å². The van der Waals surface area contributed by atoms with Gasteiger partial charge in [-0.25, -0.2) is 0 Å². The number of rotatable bonds is 5. The third-order valence-corrected chi connectivity index (χ3v) is 5.30. The van der Waals surface area contributed by atoms with Crippen LogP contribution in [0.15, 0.2) is 15.9 Å². The van der Waals surface area contributed by atoms with Crippen LogP contribution in [0, 0.1) is 0 Å². The van der Waals surface area contributed by atoms with Gasteiger partial charge in [0.15, 0.2) is 0 Å². The number of nitrogens with one attached hydrogen (secondary N) is 1. The van der Waals surface area contributed by atoms with Crippen molar-refractivity contribution in [3.63, 3.8) is 0 Å². The minimum atomic E-state index is -0.0530. The van der Waals surface area contributed by atoms with Gasteiger partial charge in [-0.1, -0.05) is 6.92 Å². The van der Waals surface area contributed by atoms with Crippen LogP contribution in [0.4, 0.5) is 0 Å². The van der Waals surface area contributed by atoms with Crippen LogP contribution in [0.3, 0.4) is 0 Å². The molecule has 0 bridgehead atoms. The topological polar surface area (TPSA) is 21.3 Å². The number of ether oxygens (including phenoxy) is 1. The van der Waals surface area contributed by atoms with Crippen LogP contribution >= 0.6 is 27.3 Å². The lowest BCUT2D eigenvalue weighted by atomic mass is 9.91. The third-order valence-electron chi connectivity index (χ3n) is 3.37. The van der Waals surface area contributed by atoms with Crippen molar-refractivity contribution in [1.29, 1.82) is 0 Å². The normalized spacial score (nSPS) is 26.3. The Morgan fingerprint density at radius 3 is 3.00 bits per heavy atom. The lowest BCUT2D eigenvalue weighted by Gasteiger charge is -2.34. The Morgan fingerprint density at radius 2 is 2.47 bits per heavy atom. The Bertz CT molecular complexity index is 360. The van der Waals surface area contributed by atoms with Crippen LogP contribution in [-0.2, 0) is 4.74 Å². The second-order valence-electron chi connectivity index (χ2n) is 4.78. The summed E-state index contributed by atoms with van der Waals surface area (Å²) in [5.74, 6) is 0. The first kappa shape index (κ1) is 13.5. The maximum Gasteiger partial charge on any atom is 0.0857 e.